The van der Waals surface area contributed by atoms with Crippen molar-refractivity contribution in [1.29, 1.82) is 0 Å². The van der Waals surface area contributed by atoms with Crippen molar-refractivity contribution in [1.82, 2.24) is 0 Å². The lowest BCUT2D eigenvalue weighted by Gasteiger charge is -2.41. The molecule has 146 valence electrons. The van der Waals surface area contributed by atoms with Gasteiger partial charge in [0.25, 0.3) is 0 Å². The molecule has 1 fully saturated rings. The summed E-state index contributed by atoms with van der Waals surface area (Å²) in [6.07, 6.45) is -6.14. The second kappa shape index (κ2) is 7.99. The predicted molar refractivity (Wildman–Crippen MR) is 87.4 cm³/mol. The SMILES string of the molecule is CO[C@H]1O[C@H](COC(=O)C(C)(C)C)[C@H](O)[C@H](OC(=O)C(C)(C)C)[C@H]1O. The van der Waals surface area contributed by atoms with Crippen molar-refractivity contribution >= 4 is 11.9 Å². The highest BCUT2D eigenvalue weighted by Gasteiger charge is 2.48. The van der Waals surface area contributed by atoms with E-state index in [0.29, 0.717) is 0 Å². The molecule has 0 saturated carbocycles. The summed E-state index contributed by atoms with van der Waals surface area (Å²) in [6, 6.07) is 0. The monoisotopic (exact) mass is 362 g/mol. The number of ether oxygens (including phenoxy) is 4. The van der Waals surface area contributed by atoms with Crippen molar-refractivity contribution in [3.63, 3.8) is 0 Å². The molecule has 0 aromatic rings. The van der Waals surface area contributed by atoms with E-state index in [1.165, 1.54) is 7.11 Å². The van der Waals surface area contributed by atoms with Gasteiger partial charge in [-0.05, 0) is 41.5 Å². The molecule has 25 heavy (non-hydrogen) atoms. The van der Waals surface area contributed by atoms with Gasteiger partial charge in [-0.2, -0.15) is 0 Å². The first kappa shape index (κ1) is 21.8. The fourth-order valence-electron chi connectivity index (χ4n) is 2.05. The number of hydrogen-bond donors (Lipinski definition) is 2. The topological polar surface area (TPSA) is 112 Å². The average molecular weight is 362 g/mol. The Morgan fingerprint density at radius 2 is 1.48 bits per heavy atom. The minimum atomic E-state index is -1.37. The Hall–Kier alpha value is -1.22. The smallest absolute Gasteiger partial charge is 0.311 e. The molecule has 1 saturated heterocycles. The van der Waals surface area contributed by atoms with Crippen molar-refractivity contribution in [2.45, 2.75) is 72.2 Å². The van der Waals surface area contributed by atoms with Gasteiger partial charge in [0.15, 0.2) is 12.4 Å². The normalized spacial score (nSPS) is 30.7. The highest BCUT2D eigenvalue weighted by molar-refractivity contribution is 5.76. The molecule has 8 nitrogen and oxygen atoms in total. The van der Waals surface area contributed by atoms with Gasteiger partial charge in [-0.1, -0.05) is 0 Å². The summed E-state index contributed by atoms with van der Waals surface area (Å²) in [4.78, 5) is 24.0. The minimum absolute atomic E-state index is 0.257. The lowest BCUT2D eigenvalue weighted by atomic mass is 9.95. The van der Waals surface area contributed by atoms with Gasteiger partial charge in [0.1, 0.15) is 24.9 Å². The zero-order chi connectivity index (χ0) is 19.6. The lowest BCUT2D eigenvalue weighted by Crippen LogP contribution is -2.61. The molecule has 2 N–H and O–H groups in total. The van der Waals surface area contributed by atoms with Crippen molar-refractivity contribution in [3.05, 3.63) is 0 Å². The molecule has 0 amide bonds. The molecule has 0 aromatic carbocycles. The fraction of sp³-hybridized carbons (Fsp3) is 0.882. The van der Waals surface area contributed by atoms with E-state index < -0.39 is 53.5 Å². The Morgan fingerprint density at radius 1 is 0.960 bits per heavy atom. The van der Waals surface area contributed by atoms with E-state index in [0.717, 1.165) is 0 Å². The largest absolute Gasteiger partial charge is 0.462 e. The molecular formula is C17H30O8. The van der Waals surface area contributed by atoms with Gasteiger partial charge < -0.3 is 29.2 Å². The van der Waals surface area contributed by atoms with Gasteiger partial charge in [-0.25, -0.2) is 0 Å². The van der Waals surface area contributed by atoms with E-state index in [1.807, 2.05) is 0 Å². The summed E-state index contributed by atoms with van der Waals surface area (Å²) in [5.41, 5.74) is -1.52. The van der Waals surface area contributed by atoms with Gasteiger partial charge in [0.05, 0.1) is 10.8 Å². The number of aliphatic hydroxyl groups excluding tert-OH is 2. The molecule has 0 unspecified atom stereocenters. The summed E-state index contributed by atoms with van der Waals surface area (Å²) in [7, 11) is 1.31. The van der Waals surface area contributed by atoms with Crippen LogP contribution in [0.25, 0.3) is 0 Å². The molecule has 0 aromatic heterocycles. The number of rotatable bonds is 4. The predicted octanol–water partition coefficient (Wildman–Crippen LogP) is 0.627. The van der Waals surface area contributed by atoms with Crippen molar-refractivity contribution in [2.75, 3.05) is 13.7 Å². The first-order chi connectivity index (χ1) is 11.3. The molecule has 5 atom stereocenters. The van der Waals surface area contributed by atoms with Crippen LogP contribution in [0.4, 0.5) is 0 Å². The van der Waals surface area contributed by atoms with E-state index in [1.54, 1.807) is 41.5 Å². The fourth-order valence-corrected chi connectivity index (χ4v) is 2.05. The van der Waals surface area contributed by atoms with Crippen LogP contribution >= 0.6 is 0 Å². The van der Waals surface area contributed by atoms with Crippen LogP contribution in [0, 0.1) is 10.8 Å². The second-order valence-electron chi connectivity index (χ2n) is 8.23. The standard InChI is InChI=1S/C17H30O8/c1-16(2,3)14(20)23-8-9-10(18)12(11(19)13(22-7)24-9)25-15(21)17(4,5)6/h9-13,18-19H,8H2,1-7H3/t9-,10+,11-,12+,13+/m1/s1. The van der Waals surface area contributed by atoms with Crippen LogP contribution in [0.2, 0.25) is 0 Å². The summed E-state index contributed by atoms with van der Waals surface area (Å²) in [6.45, 7) is 9.81. The molecular weight excluding hydrogens is 332 g/mol. The van der Waals surface area contributed by atoms with Crippen molar-refractivity contribution in [3.8, 4) is 0 Å². The maximum absolute atomic E-state index is 12.1. The molecule has 1 aliphatic rings. The Labute approximate surface area is 148 Å². The molecule has 1 heterocycles. The summed E-state index contributed by atoms with van der Waals surface area (Å²) in [5.74, 6) is -1.05. The van der Waals surface area contributed by atoms with E-state index in [4.69, 9.17) is 18.9 Å². The molecule has 0 spiro atoms. The van der Waals surface area contributed by atoms with Gasteiger partial charge in [0, 0.05) is 7.11 Å². The van der Waals surface area contributed by atoms with Gasteiger partial charge in [0.2, 0.25) is 0 Å². The van der Waals surface area contributed by atoms with Crippen LogP contribution in [0.3, 0.4) is 0 Å². The Kier molecular flexibility index (Phi) is 6.97. The second-order valence-corrected chi connectivity index (χ2v) is 8.23. The first-order valence-corrected chi connectivity index (χ1v) is 8.21. The number of hydrogen-bond acceptors (Lipinski definition) is 8. The number of carbonyl (C=O) groups excluding carboxylic acids is 2. The summed E-state index contributed by atoms with van der Waals surface area (Å²) >= 11 is 0. The van der Waals surface area contributed by atoms with E-state index in [2.05, 4.69) is 0 Å². The maximum atomic E-state index is 12.1. The number of aliphatic hydroxyl groups is 2. The molecule has 1 rings (SSSR count). The highest BCUT2D eigenvalue weighted by atomic mass is 16.7. The number of carbonyl (C=O) groups is 2. The van der Waals surface area contributed by atoms with Crippen LogP contribution in [-0.4, -0.2) is 66.6 Å². The molecule has 0 aliphatic carbocycles. The maximum Gasteiger partial charge on any atom is 0.311 e. The number of methoxy groups -OCH3 is 1. The quantitative estimate of drug-likeness (QED) is 0.701. The highest BCUT2D eigenvalue weighted by Crippen LogP contribution is 2.27. The third kappa shape index (κ3) is 5.64. The number of esters is 2. The van der Waals surface area contributed by atoms with Gasteiger partial charge in [-0.3, -0.25) is 9.59 Å². The zero-order valence-corrected chi connectivity index (χ0v) is 15.9. The van der Waals surface area contributed by atoms with Gasteiger partial charge in [-0.15, -0.1) is 0 Å². The van der Waals surface area contributed by atoms with Gasteiger partial charge >= 0.3 is 11.9 Å². The Balaban J connectivity index is 2.87. The molecule has 1 aliphatic heterocycles. The zero-order valence-electron chi connectivity index (χ0n) is 15.9. The first-order valence-electron chi connectivity index (χ1n) is 8.21. The van der Waals surface area contributed by atoms with E-state index in [-0.39, 0.29) is 6.61 Å². The molecule has 8 heteroatoms. The summed E-state index contributed by atoms with van der Waals surface area (Å²) in [5, 5.41) is 20.7. The lowest BCUT2D eigenvalue weighted by molar-refractivity contribution is -0.299. The van der Waals surface area contributed by atoms with Crippen molar-refractivity contribution in [2.24, 2.45) is 10.8 Å². The van der Waals surface area contributed by atoms with Crippen molar-refractivity contribution < 1.29 is 38.7 Å². The summed E-state index contributed by atoms with van der Waals surface area (Å²) < 4.78 is 20.9. The van der Waals surface area contributed by atoms with Crippen LogP contribution < -0.4 is 0 Å². The van der Waals surface area contributed by atoms with Crippen LogP contribution in [0.5, 0.6) is 0 Å². The van der Waals surface area contributed by atoms with Crippen LogP contribution in [-0.2, 0) is 28.5 Å². The van der Waals surface area contributed by atoms with E-state index in [9.17, 15) is 19.8 Å². The van der Waals surface area contributed by atoms with Crippen LogP contribution in [0.15, 0.2) is 0 Å². The third-order valence-corrected chi connectivity index (χ3v) is 3.72. The third-order valence-electron chi connectivity index (χ3n) is 3.72. The minimum Gasteiger partial charge on any atom is -0.462 e. The molecule has 0 bridgehead atoms. The molecule has 0 radical (unpaired) electrons. The Morgan fingerprint density at radius 3 is 1.92 bits per heavy atom. The average Bonchev–Trinajstić information content (AvgIpc) is 2.48. The Bertz CT molecular complexity index is 476. The van der Waals surface area contributed by atoms with Crippen LogP contribution in [0.1, 0.15) is 41.5 Å². The van der Waals surface area contributed by atoms with E-state index >= 15 is 0 Å².